The summed E-state index contributed by atoms with van der Waals surface area (Å²) in [5, 5.41) is 3.41. The van der Waals surface area contributed by atoms with Gasteiger partial charge in [0.2, 0.25) is 0 Å². The molecule has 1 aromatic rings. The van der Waals surface area contributed by atoms with Gasteiger partial charge in [0.25, 0.3) is 0 Å². The molecule has 0 amide bonds. The lowest BCUT2D eigenvalue weighted by Crippen LogP contribution is -2.21. The molecule has 1 aromatic carbocycles. The summed E-state index contributed by atoms with van der Waals surface area (Å²) in [6, 6.07) is 5.05. The molecule has 1 rings (SSSR count). The quantitative estimate of drug-likeness (QED) is 0.730. The maximum absolute atomic E-state index is 12.9. The monoisotopic (exact) mass is 223 g/mol. The van der Waals surface area contributed by atoms with Crippen LogP contribution < -0.4 is 5.32 Å². The van der Waals surface area contributed by atoms with Gasteiger partial charge in [-0.3, -0.25) is 0 Å². The normalized spacial score (nSPS) is 11.1. The van der Waals surface area contributed by atoms with Crippen molar-refractivity contribution in [1.29, 1.82) is 0 Å². The molecule has 0 atom stereocenters. The van der Waals surface area contributed by atoms with Crippen molar-refractivity contribution in [2.24, 2.45) is 5.92 Å². The molecule has 0 aliphatic rings. The average molecular weight is 223 g/mol. The Morgan fingerprint density at radius 3 is 2.69 bits per heavy atom. The van der Waals surface area contributed by atoms with Gasteiger partial charge in [-0.15, -0.1) is 0 Å². The summed E-state index contributed by atoms with van der Waals surface area (Å²) in [4.78, 5) is 0. The lowest BCUT2D eigenvalue weighted by Gasteiger charge is -2.08. The van der Waals surface area contributed by atoms with E-state index in [4.69, 9.17) is 0 Å². The lowest BCUT2D eigenvalue weighted by molar-refractivity contribution is 0.542. The third-order valence-electron chi connectivity index (χ3n) is 2.66. The van der Waals surface area contributed by atoms with E-state index in [1.807, 2.05) is 13.0 Å². The van der Waals surface area contributed by atoms with Gasteiger partial charge in [0.1, 0.15) is 5.82 Å². The van der Waals surface area contributed by atoms with Crippen LogP contribution in [0.3, 0.4) is 0 Å². The molecule has 0 radical (unpaired) electrons. The lowest BCUT2D eigenvalue weighted by atomic mass is 10.0. The van der Waals surface area contributed by atoms with Crippen molar-refractivity contribution >= 4 is 0 Å². The van der Waals surface area contributed by atoms with Crippen molar-refractivity contribution in [3.63, 3.8) is 0 Å². The first-order valence-corrected chi connectivity index (χ1v) is 6.05. The highest BCUT2D eigenvalue weighted by molar-refractivity contribution is 5.26. The van der Waals surface area contributed by atoms with Gasteiger partial charge in [-0.05, 0) is 62.0 Å². The van der Waals surface area contributed by atoms with Crippen LogP contribution in [-0.4, -0.2) is 13.1 Å². The zero-order valence-electron chi connectivity index (χ0n) is 10.5. The standard InChI is InChI=1S/C14H22FN/c1-11(2)10-16-8-4-5-13-6-7-14(15)9-12(13)3/h6-7,9,11,16H,4-5,8,10H2,1-3H3. The Bertz CT molecular complexity index is 321. The van der Waals surface area contributed by atoms with Crippen molar-refractivity contribution < 1.29 is 4.39 Å². The molecular formula is C14H22FN. The Labute approximate surface area is 98.1 Å². The Balaban J connectivity index is 2.27. The molecule has 0 saturated heterocycles. The Kier molecular flexibility index (Phi) is 5.47. The van der Waals surface area contributed by atoms with E-state index >= 15 is 0 Å². The van der Waals surface area contributed by atoms with Crippen molar-refractivity contribution in [2.75, 3.05) is 13.1 Å². The minimum atomic E-state index is -0.140. The molecule has 0 unspecified atom stereocenters. The second-order valence-electron chi connectivity index (χ2n) is 4.77. The number of rotatable bonds is 6. The van der Waals surface area contributed by atoms with Gasteiger partial charge in [-0.1, -0.05) is 19.9 Å². The molecule has 0 bridgehead atoms. The number of nitrogens with one attached hydrogen (secondary N) is 1. The number of benzene rings is 1. The predicted octanol–water partition coefficient (Wildman–Crippen LogP) is 3.31. The van der Waals surface area contributed by atoms with Crippen molar-refractivity contribution in [3.05, 3.63) is 35.1 Å². The fourth-order valence-electron chi connectivity index (χ4n) is 1.73. The van der Waals surface area contributed by atoms with Crippen molar-refractivity contribution in [3.8, 4) is 0 Å². The van der Waals surface area contributed by atoms with Crippen LogP contribution in [0, 0.1) is 18.7 Å². The first-order chi connectivity index (χ1) is 7.59. The highest BCUT2D eigenvalue weighted by Gasteiger charge is 2.00. The minimum absolute atomic E-state index is 0.140. The molecule has 0 heterocycles. The minimum Gasteiger partial charge on any atom is -0.316 e. The Morgan fingerprint density at radius 2 is 2.06 bits per heavy atom. The maximum atomic E-state index is 12.9. The van der Waals surface area contributed by atoms with E-state index in [2.05, 4.69) is 19.2 Å². The molecule has 0 aliphatic carbocycles. The second-order valence-corrected chi connectivity index (χ2v) is 4.77. The molecule has 90 valence electrons. The molecule has 0 fully saturated rings. The maximum Gasteiger partial charge on any atom is 0.123 e. The third kappa shape index (κ3) is 4.75. The highest BCUT2D eigenvalue weighted by atomic mass is 19.1. The van der Waals surface area contributed by atoms with E-state index in [1.165, 1.54) is 5.56 Å². The zero-order valence-corrected chi connectivity index (χ0v) is 10.5. The van der Waals surface area contributed by atoms with E-state index < -0.39 is 0 Å². The van der Waals surface area contributed by atoms with Crippen LogP contribution in [0.2, 0.25) is 0 Å². The van der Waals surface area contributed by atoms with Gasteiger partial charge in [0.05, 0.1) is 0 Å². The summed E-state index contributed by atoms with van der Waals surface area (Å²) in [7, 11) is 0. The third-order valence-corrected chi connectivity index (χ3v) is 2.66. The first kappa shape index (κ1) is 13.2. The van der Waals surface area contributed by atoms with Crippen LogP contribution >= 0.6 is 0 Å². The molecule has 0 spiro atoms. The molecule has 1 N–H and O–H groups in total. The average Bonchev–Trinajstić information content (AvgIpc) is 2.20. The fraction of sp³-hybridized carbons (Fsp3) is 0.571. The largest absolute Gasteiger partial charge is 0.316 e. The number of aryl methyl sites for hydroxylation is 2. The fourth-order valence-corrected chi connectivity index (χ4v) is 1.73. The van der Waals surface area contributed by atoms with E-state index in [0.717, 1.165) is 31.5 Å². The van der Waals surface area contributed by atoms with Gasteiger partial charge in [-0.2, -0.15) is 0 Å². The van der Waals surface area contributed by atoms with Crippen molar-refractivity contribution in [1.82, 2.24) is 5.32 Å². The molecule has 2 heteroatoms. The summed E-state index contributed by atoms with van der Waals surface area (Å²) < 4.78 is 12.9. The van der Waals surface area contributed by atoms with Gasteiger partial charge in [0.15, 0.2) is 0 Å². The predicted molar refractivity (Wildman–Crippen MR) is 67.2 cm³/mol. The number of halogens is 1. The van der Waals surface area contributed by atoms with Gasteiger partial charge < -0.3 is 5.32 Å². The summed E-state index contributed by atoms with van der Waals surface area (Å²) in [5.41, 5.74) is 2.32. The Hall–Kier alpha value is -0.890. The van der Waals surface area contributed by atoms with E-state index in [-0.39, 0.29) is 5.82 Å². The molecule has 1 nitrogen and oxygen atoms in total. The molecule has 0 aromatic heterocycles. The van der Waals surface area contributed by atoms with Crippen LogP contribution in [-0.2, 0) is 6.42 Å². The smallest absolute Gasteiger partial charge is 0.123 e. The summed E-state index contributed by atoms with van der Waals surface area (Å²) in [5.74, 6) is 0.562. The van der Waals surface area contributed by atoms with Gasteiger partial charge >= 0.3 is 0 Å². The SMILES string of the molecule is Cc1cc(F)ccc1CCCNCC(C)C. The highest BCUT2D eigenvalue weighted by Crippen LogP contribution is 2.11. The summed E-state index contributed by atoms with van der Waals surface area (Å²) in [6.07, 6.45) is 2.14. The van der Waals surface area contributed by atoms with E-state index in [1.54, 1.807) is 12.1 Å². The second kappa shape index (κ2) is 6.64. The van der Waals surface area contributed by atoms with E-state index in [9.17, 15) is 4.39 Å². The van der Waals surface area contributed by atoms with Crippen molar-refractivity contribution in [2.45, 2.75) is 33.6 Å². The number of hydrogen-bond donors (Lipinski definition) is 1. The van der Waals surface area contributed by atoms with Crippen LogP contribution in [0.4, 0.5) is 4.39 Å². The van der Waals surface area contributed by atoms with Crippen LogP contribution in [0.1, 0.15) is 31.4 Å². The molecule has 0 aliphatic heterocycles. The van der Waals surface area contributed by atoms with E-state index in [0.29, 0.717) is 5.92 Å². The molecule has 0 saturated carbocycles. The molecule has 16 heavy (non-hydrogen) atoms. The van der Waals surface area contributed by atoms with Crippen LogP contribution in [0.25, 0.3) is 0 Å². The first-order valence-electron chi connectivity index (χ1n) is 6.05. The Morgan fingerprint density at radius 1 is 1.31 bits per heavy atom. The summed E-state index contributed by atoms with van der Waals surface area (Å²) >= 11 is 0. The van der Waals surface area contributed by atoms with Gasteiger partial charge in [0, 0.05) is 0 Å². The van der Waals surface area contributed by atoms with Crippen LogP contribution in [0.5, 0.6) is 0 Å². The van der Waals surface area contributed by atoms with Crippen LogP contribution in [0.15, 0.2) is 18.2 Å². The van der Waals surface area contributed by atoms with Gasteiger partial charge in [-0.25, -0.2) is 4.39 Å². The zero-order chi connectivity index (χ0) is 12.0. The number of hydrogen-bond acceptors (Lipinski definition) is 1. The topological polar surface area (TPSA) is 12.0 Å². The summed E-state index contributed by atoms with van der Waals surface area (Å²) in [6.45, 7) is 8.49. The molecular weight excluding hydrogens is 201 g/mol.